The first kappa shape index (κ1) is 27.8. The van der Waals surface area contributed by atoms with Gasteiger partial charge in [0.25, 0.3) is 0 Å². The molecule has 0 aliphatic heterocycles. The third-order valence-corrected chi connectivity index (χ3v) is 11.0. The number of anilines is 3. The highest BCUT2D eigenvalue weighted by atomic mass is 32.1. The van der Waals surface area contributed by atoms with Gasteiger partial charge in [-0.3, -0.25) is 0 Å². The number of benzene rings is 7. The number of rotatable bonds is 5. The molecule has 1 heterocycles. The Morgan fingerprint density at radius 1 is 0.426 bits per heavy atom. The molecule has 7 aromatic carbocycles. The zero-order valence-electron chi connectivity index (χ0n) is 26.4. The van der Waals surface area contributed by atoms with Crippen molar-refractivity contribution in [3.05, 3.63) is 175 Å². The highest BCUT2D eigenvalue weighted by Crippen LogP contribution is 2.54. The molecule has 1 nitrogen and oxygen atoms in total. The Labute approximate surface area is 280 Å². The van der Waals surface area contributed by atoms with Gasteiger partial charge in [0, 0.05) is 42.6 Å². The van der Waals surface area contributed by atoms with Crippen molar-refractivity contribution < 1.29 is 0 Å². The smallest absolute Gasteiger partial charge is 0.0476 e. The Hall–Kier alpha value is -5.44. The Morgan fingerprint density at radius 2 is 1.04 bits per heavy atom. The molecule has 0 amide bonds. The van der Waals surface area contributed by atoms with Gasteiger partial charge in [-0.05, 0) is 87.0 Å². The fourth-order valence-electron chi connectivity index (χ4n) is 7.52. The highest BCUT2D eigenvalue weighted by Gasteiger charge is 2.37. The third kappa shape index (κ3) is 4.52. The Morgan fingerprint density at radius 3 is 1.83 bits per heavy atom. The third-order valence-electron chi connectivity index (χ3n) is 9.88. The first-order valence-electron chi connectivity index (χ1n) is 16.3. The van der Waals surface area contributed by atoms with E-state index in [1.807, 2.05) is 11.3 Å². The number of nitrogens with zero attached hydrogens (tertiary/aromatic N) is 1. The van der Waals surface area contributed by atoms with Gasteiger partial charge < -0.3 is 4.90 Å². The lowest BCUT2D eigenvalue weighted by molar-refractivity contribution is 0.660. The molecule has 9 rings (SSSR count). The van der Waals surface area contributed by atoms with Crippen LogP contribution >= 0.6 is 11.3 Å². The van der Waals surface area contributed by atoms with Gasteiger partial charge in [0.1, 0.15) is 0 Å². The summed E-state index contributed by atoms with van der Waals surface area (Å²) in [6.07, 6.45) is 0. The summed E-state index contributed by atoms with van der Waals surface area (Å²) in [4.78, 5) is 2.43. The molecule has 0 fully saturated rings. The van der Waals surface area contributed by atoms with Crippen LogP contribution < -0.4 is 4.90 Å². The van der Waals surface area contributed by atoms with Crippen molar-refractivity contribution in [2.24, 2.45) is 0 Å². The molecule has 47 heavy (non-hydrogen) atoms. The van der Waals surface area contributed by atoms with Crippen LogP contribution in [-0.4, -0.2) is 0 Å². The predicted octanol–water partition coefficient (Wildman–Crippen LogP) is 13.2. The second kappa shape index (κ2) is 10.8. The number of thiophene rings is 1. The van der Waals surface area contributed by atoms with Gasteiger partial charge >= 0.3 is 0 Å². The summed E-state index contributed by atoms with van der Waals surface area (Å²) in [5.74, 6) is 0. The van der Waals surface area contributed by atoms with Crippen molar-refractivity contribution in [1.29, 1.82) is 0 Å². The summed E-state index contributed by atoms with van der Waals surface area (Å²) in [5.41, 5.74) is 13.8. The van der Waals surface area contributed by atoms with E-state index in [1.54, 1.807) is 0 Å². The molecule has 0 radical (unpaired) electrons. The Balaban J connectivity index is 1.24. The van der Waals surface area contributed by atoms with Gasteiger partial charge in [-0.1, -0.05) is 135 Å². The van der Waals surface area contributed by atoms with E-state index < -0.39 is 0 Å². The van der Waals surface area contributed by atoms with E-state index >= 15 is 0 Å². The zero-order valence-corrected chi connectivity index (χ0v) is 27.3. The van der Waals surface area contributed by atoms with E-state index in [0.717, 1.165) is 17.1 Å². The molecule has 0 bridgehead atoms. The molecular formula is C45H33NS. The summed E-state index contributed by atoms with van der Waals surface area (Å²) in [5, 5.41) is 2.63. The first-order valence-corrected chi connectivity index (χ1v) is 17.1. The topological polar surface area (TPSA) is 3.24 Å². The van der Waals surface area contributed by atoms with Crippen molar-refractivity contribution in [3.63, 3.8) is 0 Å². The maximum absolute atomic E-state index is 2.43. The molecule has 224 valence electrons. The SMILES string of the molecule is CC1(C)c2ccc(N(c3ccc(-c4ccccc4)cc3)c3ccc4c(c3)sc3ccccc34)cc2-c2c(-c3ccccc3)cccc21. The largest absolute Gasteiger partial charge is 0.310 e. The van der Waals surface area contributed by atoms with Crippen LogP contribution in [0.3, 0.4) is 0 Å². The lowest BCUT2D eigenvalue weighted by atomic mass is 9.82. The van der Waals surface area contributed by atoms with Crippen LogP contribution in [0.4, 0.5) is 17.1 Å². The van der Waals surface area contributed by atoms with Gasteiger partial charge in [-0.25, -0.2) is 0 Å². The normalized spacial score (nSPS) is 13.1. The molecule has 1 aromatic heterocycles. The minimum Gasteiger partial charge on any atom is -0.310 e. The summed E-state index contributed by atoms with van der Waals surface area (Å²) in [6, 6.07) is 60.0. The lowest BCUT2D eigenvalue weighted by Crippen LogP contribution is -2.15. The number of hydrogen-bond acceptors (Lipinski definition) is 2. The van der Waals surface area contributed by atoms with E-state index in [4.69, 9.17) is 0 Å². The van der Waals surface area contributed by atoms with E-state index in [2.05, 4.69) is 183 Å². The van der Waals surface area contributed by atoms with Crippen LogP contribution in [0, 0.1) is 0 Å². The number of fused-ring (bicyclic) bond motifs is 6. The number of hydrogen-bond donors (Lipinski definition) is 0. The second-order valence-corrected chi connectivity index (χ2v) is 14.1. The summed E-state index contributed by atoms with van der Waals surface area (Å²) >= 11 is 1.87. The molecule has 0 spiro atoms. The van der Waals surface area contributed by atoms with Crippen molar-refractivity contribution in [2.45, 2.75) is 19.3 Å². The summed E-state index contributed by atoms with van der Waals surface area (Å²) in [6.45, 7) is 4.73. The maximum atomic E-state index is 2.43. The van der Waals surface area contributed by atoms with E-state index in [1.165, 1.54) is 64.7 Å². The highest BCUT2D eigenvalue weighted by molar-refractivity contribution is 7.25. The van der Waals surface area contributed by atoms with Gasteiger partial charge in [-0.2, -0.15) is 0 Å². The Kier molecular flexibility index (Phi) is 6.41. The predicted molar refractivity (Wildman–Crippen MR) is 202 cm³/mol. The van der Waals surface area contributed by atoms with Crippen LogP contribution in [-0.2, 0) is 5.41 Å². The van der Waals surface area contributed by atoms with Gasteiger partial charge in [-0.15, -0.1) is 11.3 Å². The van der Waals surface area contributed by atoms with Crippen molar-refractivity contribution >= 4 is 48.6 Å². The van der Waals surface area contributed by atoms with Crippen molar-refractivity contribution in [1.82, 2.24) is 0 Å². The van der Waals surface area contributed by atoms with Gasteiger partial charge in [0.15, 0.2) is 0 Å². The molecule has 2 heteroatoms. The standard InChI is InChI=1S/C45H33NS/c1-45(2)40-27-25-34(28-39(40)44-36(17-11-18-41(44)45)32-14-7-4-8-15-32)46(33-22-20-31(21-23-33)30-12-5-3-6-13-30)35-24-26-38-37-16-9-10-19-42(37)47-43(38)29-35/h3-29H,1-2H3. The molecule has 0 unspecified atom stereocenters. The average Bonchev–Trinajstić information content (AvgIpc) is 3.61. The van der Waals surface area contributed by atoms with Crippen molar-refractivity contribution in [3.8, 4) is 33.4 Å². The summed E-state index contributed by atoms with van der Waals surface area (Å²) in [7, 11) is 0. The van der Waals surface area contributed by atoms with E-state index in [9.17, 15) is 0 Å². The molecule has 0 atom stereocenters. The maximum Gasteiger partial charge on any atom is 0.0476 e. The van der Waals surface area contributed by atoms with E-state index in [0.29, 0.717) is 0 Å². The zero-order chi connectivity index (χ0) is 31.5. The second-order valence-electron chi connectivity index (χ2n) is 13.0. The molecule has 0 saturated heterocycles. The Bertz CT molecular complexity index is 2420. The fraction of sp³-hybridized carbons (Fsp3) is 0.0667. The fourth-order valence-corrected chi connectivity index (χ4v) is 8.66. The monoisotopic (exact) mass is 619 g/mol. The lowest BCUT2D eigenvalue weighted by Gasteiger charge is -2.27. The van der Waals surface area contributed by atoms with Gasteiger partial charge in [0.05, 0.1) is 0 Å². The molecule has 0 saturated carbocycles. The summed E-state index contributed by atoms with van der Waals surface area (Å²) < 4.78 is 2.62. The minimum atomic E-state index is -0.0911. The van der Waals surface area contributed by atoms with Crippen LogP contribution in [0.25, 0.3) is 53.6 Å². The minimum absolute atomic E-state index is 0.0911. The van der Waals surface area contributed by atoms with Crippen LogP contribution in [0.1, 0.15) is 25.0 Å². The van der Waals surface area contributed by atoms with Crippen molar-refractivity contribution in [2.75, 3.05) is 4.90 Å². The van der Waals surface area contributed by atoms with Crippen LogP contribution in [0.15, 0.2) is 164 Å². The average molecular weight is 620 g/mol. The van der Waals surface area contributed by atoms with E-state index in [-0.39, 0.29) is 5.41 Å². The molecular weight excluding hydrogens is 587 g/mol. The van der Waals surface area contributed by atoms with Gasteiger partial charge in [0.2, 0.25) is 0 Å². The molecule has 0 N–H and O–H groups in total. The molecule has 8 aromatic rings. The molecule has 1 aliphatic carbocycles. The first-order chi connectivity index (χ1) is 23.1. The molecule has 1 aliphatic rings. The van der Waals surface area contributed by atoms with Crippen LogP contribution in [0.5, 0.6) is 0 Å². The van der Waals surface area contributed by atoms with Crippen LogP contribution in [0.2, 0.25) is 0 Å². The quantitative estimate of drug-likeness (QED) is 0.185.